The van der Waals surface area contributed by atoms with Crippen LogP contribution in [0.15, 0.2) is 46.3 Å². The number of hydrogen-bond donors (Lipinski definition) is 4. The van der Waals surface area contributed by atoms with Crippen LogP contribution in [0.2, 0.25) is 0 Å². The lowest BCUT2D eigenvalue weighted by Crippen LogP contribution is -2.57. The molecule has 3 amide bonds. The molecule has 2 aromatic rings. The number of aliphatic imine (C=N–C) groups is 1. The highest BCUT2D eigenvalue weighted by atomic mass is 32.2. The van der Waals surface area contributed by atoms with Crippen molar-refractivity contribution in [3.05, 3.63) is 58.7 Å². The van der Waals surface area contributed by atoms with Crippen molar-refractivity contribution < 1.29 is 18.0 Å². The zero-order valence-corrected chi connectivity index (χ0v) is 27.9. The van der Waals surface area contributed by atoms with Crippen molar-refractivity contribution in [1.82, 2.24) is 19.8 Å². The monoisotopic (exact) mass is 627 g/mol. The first kappa shape index (κ1) is 34.8. The lowest BCUT2D eigenvalue weighted by Gasteiger charge is -2.36. The molecule has 11 nitrogen and oxygen atoms in total. The molecule has 1 heterocycles. The zero-order chi connectivity index (χ0) is 32.8. The minimum atomic E-state index is -4.16. The highest BCUT2D eigenvalue weighted by Gasteiger charge is 2.35. The fourth-order valence-corrected chi connectivity index (χ4v) is 7.26. The van der Waals surface area contributed by atoms with Crippen molar-refractivity contribution >= 4 is 33.6 Å². The molecule has 1 unspecified atom stereocenters. The molecule has 0 aromatic heterocycles. The lowest BCUT2D eigenvalue weighted by molar-refractivity contribution is -0.134. The highest BCUT2D eigenvalue weighted by molar-refractivity contribution is 7.89. The van der Waals surface area contributed by atoms with Crippen molar-refractivity contribution in [2.24, 2.45) is 16.5 Å². The number of piperazine rings is 1. The van der Waals surface area contributed by atoms with Crippen LogP contribution in [0.4, 0.5) is 10.5 Å². The molecular formula is C32H49N7O4S. The van der Waals surface area contributed by atoms with E-state index < -0.39 is 16.1 Å². The molecule has 242 valence electrons. The Hall–Kier alpha value is -3.64. The maximum absolute atomic E-state index is 14.4. The third-order valence-electron chi connectivity index (χ3n) is 7.76. The van der Waals surface area contributed by atoms with E-state index in [9.17, 15) is 18.0 Å². The normalized spacial score (nSPS) is 14.7. The second-order valence-corrected chi connectivity index (χ2v) is 13.9. The average Bonchev–Trinajstić information content (AvgIpc) is 2.95. The Balaban J connectivity index is 2.04. The van der Waals surface area contributed by atoms with Crippen LogP contribution in [0.25, 0.3) is 0 Å². The third kappa shape index (κ3) is 8.72. The molecule has 1 fully saturated rings. The van der Waals surface area contributed by atoms with Gasteiger partial charge in [-0.25, -0.2) is 18.2 Å². The van der Waals surface area contributed by atoms with Crippen molar-refractivity contribution in [2.75, 3.05) is 32.7 Å². The minimum Gasteiger partial charge on any atom is -0.370 e. The Morgan fingerprint density at radius 2 is 1.45 bits per heavy atom. The van der Waals surface area contributed by atoms with Crippen molar-refractivity contribution in [1.29, 1.82) is 0 Å². The fraction of sp³-hybridized carbons (Fsp3) is 0.531. The second-order valence-electron chi connectivity index (χ2n) is 12.2. The molecule has 1 aliphatic rings. The molecule has 0 radical (unpaired) electrons. The summed E-state index contributed by atoms with van der Waals surface area (Å²) in [6.45, 7) is 15.7. The summed E-state index contributed by atoms with van der Waals surface area (Å²) in [5.74, 6) is -0.365. The average molecular weight is 628 g/mol. The Morgan fingerprint density at radius 3 is 1.95 bits per heavy atom. The van der Waals surface area contributed by atoms with Gasteiger partial charge in [0.05, 0.1) is 10.6 Å². The van der Waals surface area contributed by atoms with E-state index in [1.54, 1.807) is 28.0 Å². The quantitative estimate of drug-likeness (QED) is 0.219. The second kappa shape index (κ2) is 14.9. The maximum atomic E-state index is 14.4. The summed E-state index contributed by atoms with van der Waals surface area (Å²) >= 11 is 0. The fourth-order valence-electron chi connectivity index (χ4n) is 5.38. The Bertz CT molecular complexity index is 1430. The largest absolute Gasteiger partial charge is 0.370 e. The summed E-state index contributed by atoms with van der Waals surface area (Å²) in [4.78, 5) is 34.0. The van der Waals surface area contributed by atoms with E-state index in [0.717, 1.165) is 16.7 Å². The number of rotatable bonds is 11. The van der Waals surface area contributed by atoms with E-state index in [1.165, 1.54) is 0 Å². The molecule has 0 saturated carbocycles. The maximum Gasteiger partial charge on any atom is 0.317 e. The van der Waals surface area contributed by atoms with E-state index in [1.807, 2.05) is 52.8 Å². The predicted molar refractivity (Wildman–Crippen MR) is 176 cm³/mol. The number of amides is 3. The van der Waals surface area contributed by atoms with E-state index in [0.29, 0.717) is 44.0 Å². The third-order valence-corrected chi connectivity index (χ3v) is 9.36. The van der Waals surface area contributed by atoms with Gasteiger partial charge >= 0.3 is 6.03 Å². The number of benzene rings is 2. The van der Waals surface area contributed by atoms with Gasteiger partial charge in [0.2, 0.25) is 15.9 Å². The van der Waals surface area contributed by atoms with Crippen LogP contribution in [0.3, 0.4) is 0 Å². The molecule has 44 heavy (non-hydrogen) atoms. The van der Waals surface area contributed by atoms with Crippen LogP contribution >= 0.6 is 0 Å². The van der Waals surface area contributed by atoms with Crippen LogP contribution < -0.4 is 21.5 Å². The molecule has 0 bridgehead atoms. The summed E-state index contributed by atoms with van der Waals surface area (Å²) in [5.41, 5.74) is 14.9. The Labute approximate surface area is 262 Å². The van der Waals surface area contributed by atoms with Gasteiger partial charge in [0, 0.05) is 32.7 Å². The van der Waals surface area contributed by atoms with Crippen LogP contribution in [0.5, 0.6) is 0 Å². The number of carbonyl (C=O) groups is 2. The van der Waals surface area contributed by atoms with Gasteiger partial charge in [-0.3, -0.25) is 4.79 Å². The van der Waals surface area contributed by atoms with Crippen LogP contribution in [-0.4, -0.2) is 74.9 Å². The van der Waals surface area contributed by atoms with Gasteiger partial charge in [-0.2, -0.15) is 4.72 Å². The Kier molecular flexibility index (Phi) is 11.8. The van der Waals surface area contributed by atoms with E-state index in [-0.39, 0.29) is 47.0 Å². The molecule has 1 atom stereocenters. The molecule has 2 aromatic carbocycles. The molecular weight excluding hydrogens is 578 g/mol. The van der Waals surface area contributed by atoms with E-state index in [4.69, 9.17) is 11.5 Å². The number of sulfonamides is 1. The topological polar surface area (TPSA) is 163 Å². The first-order valence-electron chi connectivity index (χ1n) is 15.3. The molecule has 3 rings (SSSR count). The van der Waals surface area contributed by atoms with Gasteiger partial charge in [0.1, 0.15) is 6.04 Å². The van der Waals surface area contributed by atoms with Gasteiger partial charge in [0.15, 0.2) is 5.96 Å². The van der Waals surface area contributed by atoms with Crippen molar-refractivity contribution in [3.63, 3.8) is 0 Å². The number of nitrogens with zero attached hydrogens (tertiary/aromatic N) is 3. The summed E-state index contributed by atoms with van der Waals surface area (Å²) in [7, 11) is -4.16. The molecule has 1 saturated heterocycles. The number of nitrogens with two attached hydrogens (primary N) is 2. The zero-order valence-electron chi connectivity index (χ0n) is 27.1. The number of guanidine groups is 1. The Morgan fingerprint density at radius 1 is 0.886 bits per heavy atom. The first-order valence-corrected chi connectivity index (χ1v) is 16.8. The first-order chi connectivity index (χ1) is 20.6. The molecule has 6 N–H and O–H groups in total. The smallest absolute Gasteiger partial charge is 0.317 e. The summed E-state index contributed by atoms with van der Waals surface area (Å²) in [5, 5.41) is 2.79. The van der Waals surface area contributed by atoms with Crippen LogP contribution in [0.1, 0.15) is 88.5 Å². The van der Waals surface area contributed by atoms with Crippen LogP contribution in [0, 0.1) is 0 Å². The summed E-state index contributed by atoms with van der Waals surface area (Å²) < 4.78 is 31.6. The standard InChI is InChI=1S/C32H49N7O4S/c1-8-35-32(41)39-14-12-38(13-15-39)30(40)28(17-23-10-9-11-25(16-23)36-31(33)34)37-44(42,43)29-26(21(4)5)18-24(20(2)3)19-27(29)22(6)7/h9-11,16,18-22,28,37H,8,12-15,17H2,1-7H3,(H,35,41)(H4,33,34,36). The molecule has 0 aliphatic carbocycles. The highest BCUT2D eigenvalue weighted by Crippen LogP contribution is 2.35. The lowest BCUT2D eigenvalue weighted by atomic mass is 9.89. The van der Waals surface area contributed by atoms with Crippen LogP contribution in [-0.2, 0) is 21.2 Å². The van der Waals surface area contributed by atoms with Crippen molar-refractivity contribution in [2.45, 2.75) is 83.6 Å². The van der Waals surface area contributed by atoms with E-state index in [2.05, 4.69) is 28.9 Å². The predicted octanol–water partition coefficient (Wildman–Crippen LogP) is 3.73. The van der Waals surface area contributed by atoms with E-state index >= 15 is 0 Å². The van der Waals surface area contributed by atoms with Gasteiger partial charge < -0.3 is 26.6 Å². The number of urea groups is 1. The van der Waals surface area contributed by atoms with Crippen molar-refractivity contribution in [3.8, 4) is 0 Å². The number of nitrogens with one attached hydrogen (secondary N) is 2. The summed E-state index contributed by atoms with van der Waals surface area (Å²) in [6, 6.07) is 9.71. The number of carbonyl (C=O) groups excluding carboxylic acids is 2. The summed E-state index contributed by atoms with van der Waals surface area (Å²) in [6.07, 6.45) is 0.0839. The molecule has 12 heteroatoms. The molecule has 1 aliphatic heterocycles. The minimum absolute atomic E-state index is 0.0643. The molecule has 0 spiro atoms. The SMILES string of the molecule is CCNC(=O)N1CCN(C(=O)C(Cc2cccc(N=C(N)N)c2)NS(=O)(=O)c2c(C(C)C)cc(C(C)C)cc2C(C)C)CC1. The van der Waals surface area contributed by atoms with Gasteiger partial charge in [-0.1, -0.05) is 65.8 Å². The van der Waals surface area contributed by atoms with Gasteiger partial charge in [-0.05, 0) is 65.5 Å². The number of hydrogen-bond acceptors (Lipinski definition) is 5. The van der Waals surface area contributed by atoms with Gasteiger partial charge in [-0.15, -0.1) is 0 Å². The van der Waals surface area contributed by atoms with Gasteiger partial charge in [0.25, 0.3) is 0 Å².